The molecule has 0 aromatic heterocycles. The summed E-state index contributed by atoms with van der Waals surface area (Å²) < 4.78 is 15.7. The average molecular weight is 373 g/mol. The number of hydrogen-bond donors (Lipinski definition) is 1. The molecule has 0 bridgehead atoms. The molecule has 0 spiro atoms. The van der Waals surface area contributed by atoms with Crippen LogP contribution in [0.3, 0.4) is 0 Å². The van der Waals surface area contributed by atoms with Crippen LogP contribution in [0.5, 0.6) is 17.2 Å². The topological polar surface area (TPSA) is 112 Å². The number of benzene rings is 2. The summed E-state index contributed by atoms with van der Waals surface area (Å²) in [7, 11) is 3.07. The number of nitro benzene ring substituents is 1. The summed E-state index contributed by atoms with van der Waals surface area (Å²) in [4.78, 5) is 22.3. The van der Waals surface area contributed by atoms with E-state index in [1.807, 2.05) is 0 Å². The number of amides is 1. The molecule has 0 unspecified atom stereocenters. The van der Waals surface area contributed by atoms with Gasteiger partial charge in [-0.2, -0.15) is 5.10 Å². The molecule has 0 saturated heterocycles. The lowest BCUT2D eigenvalue weighted by Gasteiger charge is -2.10. The van der Waals surface area contributed by atoms with Gasteiger partial charge in [0.2, 0.25) is 0 Å². The van der Waals surface area contributed by atoms with Crippen molar-refractivity contribution in [3.8, 4) is 17.2 Å². The third kappa shape index (κ3) is 5.18. The first-order chi connectivity index (χ1) is 13.0. The number of rotatable bonds is 8. The summed E-state index contributed by atoms with van der Waals surface area (Å²) in [6.45, 7) is 1.28. The molecule has 27 heavy (non-hydrogen) atoms. The molecule has 0 radical (unpaired) electrons. The highest BCUT2D eigenvalue weighted by Gasteiger charge is 2.15. The Balaban J connectivity index is 2.03. The minimum atomic E-state index is -0.579. The predicted octanol–water partition coefficient (Wildman–Crippen LogP) is 2.53. The zero-order valence-electron chi connectivity index (χ0n) is 15.1. The number of carbonyl (C=O) groups excluding carboxylic acids is 1. The smallest absolute Gasteiger partial charge is 0.310 e. The number of ether oxygens (including phenoxy) is 3. The number of nitrogens with zero attached hydrogens (tertiary/aromatic N) is 2. The monoisotopic (exact) mass is 373 g/mol. The third-order valence-electron chi connectivity index (χ3n) is 3.57. The van der Waals surface area contributed by atoms with Gasteiger partial charge in [0.1, 0.15) is 11.5 Å². The van der Waals surface area contributed by atoms with Gasteiger partial charge in [-0.05, 0) is 31.2 Å². The number of hydrogen-bond acceptors (Lipinski definition) is 7. The second-order valence-electron chi connectivity index (χ2n) is 5.31. The summed E-state index contributed by atoms with van der Waals surface area (Å²) in [5.74, 6) is 0.635. The molecule has 142 valence electrons. The van der Waals surface area contributed by atoms with E-state index in [0.29, 0.717) is 22.8 Å². The highest BCUT2D eigenvalue weighted by Crippen LogP contribution is 2.26. The predicted molar refractivity (Wildman–Crippen MR) is 98.5 cm³/mol. The first kappa shape index (κ1) is 19.7. The molecule has 9 heteroatoms. The van der Waals surface area contributed by atoms with Gasteiger partial charge in [-0.3, -0.25) is 14.9 Å². The fraction of sp³-hybridized carbons (Fsp3) is 0.222. The van der Waals surface area contributed by atoms with E-state index >= 15 is 0 Å². The molecule has 1 N–H and O–H groups in total. The Morgan fingerprint density at radius 3 is 2.56 bits per heavy atom. The Labute approximate surface area is 155 Å². The van der Waals surface area contributed by atoms with E-state index in [0.717, 1.165) is 0 Å². The lowest BCUT2D eigenvalue weighted by Crippen LogP contribution is -2.25. The molecule has 0 aliphatic heterocycles. The van der Waals surface area contributed by atoms with E-state index in [9.17, 15) is 14.9 Å². The normalized spacial score (nSPS) is 10.9. The lowest BCUT2D eigenvalue weighted by atomic mass is 10.1. The van der Waals surface area contributed by atoms with E-state index in [4.69, 9.17) is 14.2 Å². The van der Waals surface area contributed by atoms with Gasteiger partial charge >= 0.3 is 5.69 Å². The number of nitro groups is 1. The quantitative estimate of drug-likeness (QED) is 0.432. The minimum Gasteiger partial charge on any atom is -0.497 e. The van der Waals surface area contributed by atoms with Crippen LogP contribution < -0.4 is 19.6 Å². The van der Waals surface area contributed by atoms with Crippen molar-refractivity contribution in [1.29, 1.82) is 0 Å². The third-order valence-corrected chi connectivity index (χ3v) is 3.57. The number of hydrazone groups is 1. The molecular formula is C18H19N3O6. The molecule has 0 heterocycles. The maximum absolute atomic E-state index is 11.9. The van der Waals surface area contributed by atoms with E-state index in [2.05, 4.69) is 10.5 Å². The zero-order valence-corrected chi connectivity index (χ0v) is 15.1. The van der Waals surface area contributed by atoms with E-state index in [-0.39, 0.29) is 11.4 Å². The van der Waals surface area contributed by atoms with Crippen molar-refractivity contribution < 1.29 is 23.9 Å². The van der Waals surface area contributed by atoms with Gasteiger partial charge in [0.05, 0.1) is 24.9 Å². The second-order valence-corrected chi connectivity index (χ2v) is 5.31. The van der Waals surface area contributed by atoms with E-state index in [1.54, 1.807) is 38.3 Å². The molecule has 1 amide bonds. The van der Waals surface area contributed by atoms with Crippen molar-refractivity contribution in [2.75, 3.05) is 20.8 Å². The van der Waals surface area contributed by atoms with Gasteiger partial charge in [-0.25, -0.2) is 5.43 Å². The van der Waals surface area contributed by atoms with Crippen LogP contribution in [0.4, 0.5) is 5.69 Å². The number of para-hydroxylation sites is 2. The van der Waals surface area contributed by atoms with Gasteiger partial charge in [0.15, 0.2) is 12.4 Å². The fourth-order valence-corrected chi connectivity index (χ4v) is 2.21. The molecule has 9 nitrogen and oxygen atoms in total. The highest BCUT2D eigenvalue weighted by atomic mass is 16.6. The van der Waals surface area contributed by atoms with E-state index in [1.165, 1.54) is 25.3 Å². The van der Waals surface area contributed by atoms with Crippen molar-refractivity contribution in [2.24, 2.45) is 5.10 Å². The maximum Gasteiger partial charge on any atom is 0.310 e. The number of carbonyl (C=O) groups is 1. The van der Waals surface area contributed by atoms with Crippen LogP contribution in [-0.2, 0) is 4.79 Å². The van der Waals surface area contributed by atoms with Gasteiger partial charge in [-0.1, -0.05) is 12.1 Å². The summed E-state index contributed by atoms with van der Waals surface area (Å²) in [5.41, 5.74) is 3.27. The summed E-state index contributed by atoms with van der Waals surface area (Å²) in [6, 6.07) is 11.0. The molecule has 0 saturated carbocycles. The molecule has 0 atom stereocenters. The SMILES string of the molecule is COc1ccc(OC)c(/C(C)=N\NC(=O)COc2ccccc2[N+](=O)[O-])c1. The molecule has 0 aliphatic carbocycles. The van der Waals surface area contributed by atoms with Crippen molar-refractivity contribution in [3.05, 3.63) is 58.1 Å². The second kappa shape index (κ2) is 9.18. The van der Waals surface area contributed by atoms with Crippen LogP contribution in [0.25, 0.3) is 0 Å². The molecular weight excluding hydrogens is 354 g/mol. The van der Waals surface area contributed by atoms with Crippen LogP contribution in [-0.4, -0.2) is 37.4 Å². The maximum atomic E-state index is 11.9. The molecule has 2 aromatic carbocycles. The molecule has 2 rings (SSSR count). The highest BCUT2D eigenvalue weighted by molar-refractivity contribution is 6.02. The number of nitrogens with one attached hydrogen (secondary N) is 1. The van der Waals surface area contributed by atoms with Gasteiger partial charge in [0, 0.05) is 11.6 Å². The largest absolute Gasteiger partial charge is 0.497 e. The summed E-state index contributed by atoms with van der Waals surface area (Å²) >= 11 is 0. The lowest BCUT2D eigenvalue weighted by molar-refractivity contribution is -0.385. The van der Waals surface area contributed by atoms with Gasteiger partial charge in [0.25, 0.3) is 5.91 Å². The van der Waals surface area contributed by atoms with Crippen LogP contribution in [0.1, 0.15) is 12.5 Å². The first-order valence-corrected chi connectivity index (χ1v) is 7.88. The summed E-state index contributed by atoms with van der Waals surface area (Å²) in [5, 5.41) is 14.9. The Bertz CT molecular complexity index is 866. The Kier molecular flexibility index (Phi) is 6.70. The molecule has 2 aromatic rings. The minimum absolute atomic E-state index is 0.00724. The first-order valence-electron chi connectivity index (χ1n) is 7.88. The van der Waals surface area contributed by atoms with Crippen molar-refractivity contribution in [2.45, 2.75) is 6.92 Å². The Morgan fingerprint density at radius 1 is 1.15 bits per heavy atom. The Morgan fingerprint density at radius 2 is 1.89 bits per heavy atom. The van der Waals surface area contributed by atoms with Crippen LogP contribution >= 0.6 is 0 Å². The average Bonchev–Trinajstić information content (AvgIpc) is 2.69. The zero-order chi connectivity index (χ0) is 19.8. The van der Waals surface area contributed by atoms with Crippen LogP contribution in [0.2, 0.25) is 0 Å². The van der Waals surface area contributed by atoms with Crippen molar-refractivity contribution in [1.82, 2.24) is 5.43 Å². The van der Waals surface area contributed by atoms with E-state index < -0.39 is 17.4 Å². The van der Waals surface area contributed by atoms with Crippen LogP contribution in [0, 0.1) is 10.1 Å². The molecule has 0 aliphatic rings. The Hall–Kier alpha value is -3.62. The van der Waals surface area contributed by atoms with Crippen LogP contribution in [0.15, 0.2) is 47.6 Å². The number of methoxy groups -OCH3 is 2. The van der Waals surface area contributed by atoms with Gasteiger partial charge < -0.3 is 14.2 Å². The van der Waals surface area contributed by atoms with Crippen molar-refractivity contribution >= 4 is 17.3 Å². The summed E-state index contributed by atoms with van der Waals surface area (Å²) in [6.07, 6.45) is 0. The fourth-order valence-electron chi connectivity index (χ4n) is 2.21. The van der Waals surface area contributed by atoms with Crippen molar-refractivity contribution in [3.63, 3.8) is 0 Å². The van der Waals surface area contributed by atoms with Gasteiger partial charge in [-0.15, -0.1) is 0 Å². The standard InChI is InChI=1S/C18H19N3O6/c1-12(14-10-13(25-2)8-9-16(14)26-3)19-20-18(22)11-27-17-7-5-4-6-15(17)21(23)24/h4-10H,11H2,1-3H3,(H,20,22)/b19-12-. The molecule has 0 fully saturated rings.